The van der Waals surface area contributed by atoms with E-state index in [0.29, 0.717) is 28.7 Å². The summed E-state index contributed by atoms with van der Waals surface area (Å²) in [5.74, 6) is 1.62. The predicted octanol–water partition coefficient (Wildman–Crippen LogP) is 8.99. The van der Waals surface area contributed by atoms with Crippen LogP contribution in [-0.4, -0.2) is 15.0 Å². The molecule has 0 unspecified atom stereocenters. The van der Waals surface area contributed by atoms with Crippen molar-refractivity contribution in [1.29, 1.82) is 0 Å². The largest absolute Gasteiger partial charge is 0.455 e. The monoisotopic (exact) mass is 500 g/mol. The fourth-order valence-corrected chi connectivity index (χ4v) is 4.95. The van der Waals surface area contributed by atoms with Gasteiger partial charge < -0.3 is 4.42 Å². The Kier molecular flexibility index (Phi) is 5.42. The van der Waals surface area contributed by atoms with Gasteiger partial charge in [0.15, 0.2) is 23.2 Å². The van der Waals surface area contributed by atoms with Gasteiger partial charge in [0.2, 0.25) is 0 Å². The SMILES string of the molecule is [C-]#[N+]c1ccccc1-c1ccc2c(oc3ccccc32)c1-c1nc(-c2ccccc2)nc(-c2ccccc2)n1. The van der Waals surface area contributed by atoms with Gasteiger partial charge in [0.25, 0.3) is 0 Å². The van der Waals surface area contributed by atoms with Gasteiger partial charge in [0.1, 0.15) is 11.2 Å². The van der Waals surface area contributed by atoms with Crippen LogP contribution in [0.5, 0.6) is 0 Å². The Morgan fingerprint density at radius 2 is 1.10 bits per heavy atom. The normalized spacial score (nSPS) is 11.1. The summed E-state index contributed by atoms with van der Waals surface area (Å²) in [6, 6.07) is 39.5. The molecule has 0 radical (unpaired) electrons. The average molecular weight is 501 g/mol. The third kappa shape index (κ3) is 3.92. The fraction of sp³-hybridized carbons (Fsp3) is 0. The van der Waals surface area contributed by atoms with Gasteiger partial charge in [0, 0.05) is 21.9 Å². The van der Waals surface area contributed by atoms with E-state index in [1.807, 2.05) is 109 Å². The Balaban J connectivity index is 1.60. The first-order valence-corrected chi connectivity index (χ1v) is 12.6. The number of fused-ring (bicyclic) bond motifs is 3. The number of nitrogens with zero attached hydrogens (tertiary/aromatic N) is 4. The summed E-state index contributed by atoms with van der Waals surface area (Å²) in [7, 11) is 0. The Bertz CT molecular complexity index is 1960. The van der Waals surface area contributed by atoms with E-state index in [-0.39, 0.29) is 0 Å². The summed E-state index contributed by atoms with van der Waals surface area (Å²) < 4.78 is 6.49. The first-order chi connectivity index (χ1) is 19.3. The van der Waals surface area contributed by atoms with Gasteiger partial charge in [-0.1, -0.05) is 109 Å². The van der Waals surface area contributed by atoms with Crippen LogP contribution in [0, 0.1) is 6.57 Å². The first kappa shape index (κ1) is 22.6. The molecule has 0 spiro atoms. The number of aromatic nitrogens is 3. The van der Waals surface area contributed by atoms with Crippen LogP contribution < -0.4 is 0 Å². The van der Waals surface area contributed by atoms with E-state index in [1.165, 1.54) is 0 Å². The molecule has 0 amide bonds. The number of benzene rings is 5. The highest BCUT2D eigenvalue weighted by molar-refractivity contribution is 6.12. The van der Waals surface area contributed by atoms with E-state index in [2.05, 4.69) is 17.0 Å². The fourth-order valence-electron chi connectivity index (χ4n) is 4.95. The van der Waals surface area contributed by atoms with Crippen molar-refractivity contribution >= 4 is 27.6 Å². The van der Waals surface area contributed by atoms with Gasteiger partial charge >= 0.3 is 0 Å². The summed E-state index contributed by atoms with van der Waals surface area (Å²) >= 11 is 0. The Morgan fingerprint density at radius 1 is 0.513 bits per heavy atom. The van der Waals surface area contributed by atoms with Crippen molar-refractivity contribution in [3.8, 4) is 45.3 Å². The van der Waals surface area contributed by atoms with E-state index < -0.39 is 0 Å². The average Bonchev–Trinajstić information content (AvgIpc) is 3.40. The van der Waals surface area contributed by atoms with Gasteiger partial charge in [-0.15, -0.1) is 0 Å². The lowest BCUT2D eigenvalue weighted by molar-refractivity contribution is 0.669. The number of hydrogen-bond acceptors (Lipinski definition) is 4. The molecular formula is C34H20N4O. The Hall–Kier alpha value is -5.60. The van der Waals surface area contributed by atoms with Crippen LogP contribution in [0.4, 0.5) is 5.69 Å². The van der Waals surface area contributed by atoms with Crippen LogP contribution in [0.2, 0.25) is 0 Å². The standard InChI is InChI=1S/C34H20N4O/c1-35-28-18-10-8-16-24(28)26-20-21-27-25-17-9-11-19-29(25)39-31(27)30(26)34-37-32(22-12-4-2-5-13-22)36-33(38-34)23-14-6-3-7-15-23/h2-21H. The van der Waals surface area contributed by atoms with Crippen molar-refractivity contribution in [1.82, 2.24) is 15.0 Å². The second-order valence-electron chi connectivity index (χ2n) is 9.13. The summed E-state index contributed by atoms with van der Waals surface area (Å²) in [6.07, 6.45) is 0. The number of rotatable bonds is 4. The smallest absolute Gasteiger partial charge is 0.194 e. The predicted molar refractivity (Wildman–Crippen MR) is 155 cm³/mol. The zero-order valence-electron chi connectivity index (χ0n) is 20.7. The van der Waals surface area contributed by atoms with Gasteiger partial charge in [-0.3, -0.25) is 0 Å². The maximum atomic E-state index is 7.81. The molecule has 0 atom stereocenters. The van der Waals surface area contributed by atoms with Crippen LogP contribution in [0.1, 0.15) is 0 Å². The van der Waals surface area contributed by atoms with Gasteiger partial charge in [-0.2, -0.15) is 0 Å². The van der Waals surface area contributed by atoms with Crippen molar-refractivity contribution in [2.45, 2.75) is 0 Å². The van der Waals surface area contributed by atoms with E-state index in [0.717, 1.165) is 44.2 Å². The number of furan rings is 1. The van der Waals surface area contributed by atoms with Crippen LogP contribution in [-0.2, 0) is 0 Å². The molecule has 0 aliphatic heterocycles. The lowest BCUT2D eigenvalue weighted by Gasteiger charge is -2.13. The molecule has 5 aromatic carbocycles. The second-order valence-corrected chi connectivity index (χ2v) is 9.13. The third-order valence-electron chi connectivity index (χ3n) is 6.78. The lowest BCUT2D eigenvalue weighted by atomic mass is 9.95. The van der Waals surface area contributed by atoms with E-state index >= 15 is 0 Å². The zero-order chi connectivity index (χ0) is 26.2. The van der Waals surface area contributed by atoms with Crippen molar-refractivity contribution < 1.29 is 4.42 Å². The van der Waals surface area contributed by atoms with E-state index in [1.54, 1.807) is 0 Å². The Labute approximate surface area is 224 Å². The zero-order valence-corrected chi connectivity index (χ0v) is 20.7. The van der Waals surface area contributed by atoms with Crippen LogP contribution in [0.15, 0.2) is 126 Å². The van der Waals surface area contributed by atoms with Crippen LogP contribution >= 0.6 is 0 Å². The van der Waals surface area contributed by atoms with E-state index in [4.69, 9.17) is 25.9 Å². The molecule has 0 aliphatic rings. The maximum Gasteiger partial charge on any atom is 0.194 e. The minimum Gasteiger partial charge on any atom is -0.455 e. The molecule has 0 bridgehead atoms. The molecule has 7 rings (SSSR count). The van der Waals surface area contributed by atoms with Gasteiger partial charge in [-0.05, 0) is 23.3 Å². The van der Waals surface area contributed by atoms with Crippen molar-refractivity contribution in [2.24, 2.45) is 0 Å². The molecule has 0 fully saturated rings. The summed E-state index contributed by atoms with van der Waals surface area (Å²) in [4.78, 5) is 18.7. The van der Waals surface area contributed by atoms with Crippen molar-refractivity contribution in [3.63, 3.8) is 0 Å². The number of para-hydroxylation sites is 2. The number of hydrogen-bond donors (Lipinski definition) is 0. The van der Waals surface area contributed by atoms with Crippen LogP contribution in [0.25, 0.3) is 72.1 Å². The quantitative estimate of drug-likeness (QED) is 0.226. The molecule has 0 saturated heterocycles. The second kappa shape index (κ2) is 9.37. The summed E-state index contributed by atoms with van der Waals surface area (Å²) in [6.45, 7) is 7.81. The minimum atomic E-state index is 0.488. The Morgan fingerprint density at radius 3 is 1.79 bits per heavy atom. The molecule has 5 nitrogen and oxygen atoms in total. The van der Waals surface area contributed by atoms with Gasteiger partial charge in [-0.25, -0.2) is 19.8 Å². The van der Waals surface area contributed by atoms with Crippen molar-refractivity contribution in [3.05, 3.63) is 133 Å². The molecule has 5 heteroatoms. The molecule has 0 N–H and O–H groups in total. The highest BCUT2D eigenvalue weighted by atomic mass is 16.3. The molecule has 7 aromatic rings. The van der Waals surface area contributed by atoms with E-state index in [9.17, 15) is 0 Å². The molecule has 182 valence electrons. The molecule has 0 aliphatic carbocycles. The highest BCUT2D eigenvalue weighted by Gasteiger charge is 2.22. The lowest BCUT2D eigenvalue weighted by Crippen LogP contribution is -2.01. The third-order valence-corrected chi connectivity index (χ3v) is 6.78. The van der Waals surface area contributed by atoms with Crippen LogP contribution in [0.3, 0.4) is 0 Å². The molecule has 0 saturated carbocycles. The topological polar surface area (TPSA) is 56.2 Å². The first-order valence-electron chi connectivity index (χ1n) is 12.6. The molecule has 2 heterocycles. The molecule has 39 heavy (non-hydrogen) atoms. The summed E-state index contributed by atoms with van der Waals surface area (Å²) in [5, 5.41) is 1.98. The maximum absolute atomic E-state index is 7.81. The minimum absolute atomic E-state index is 0.488. The highest BCUT2D eigenvalue weighted by Crippen LogP contribution is 2.43. The van der Waals surface area contributed by atoms with Crippen molar-refractivity contribution in [2.75, 3.05) is 0 Å². The van der Waals surface area contributed by atoms with Gasteiger partial charge in [0.05, 0.1) is 12.1 Å². The summed E-state index contributed by atoms with van der Waals surface area (Å²) in [5.41, 5.74) is 6.15. The molecular weight excluding hydrogens is 480 g/mol. The molecule has 2 aromatic heterocycles.